The summed E-state index contributed by atoms with van der Waals surface area (Å²) in [7, 11) is 0. The van der Waals surface area contributed by atoms with Crippen molar-refractivity contribution >= 4 is 23.5 Å². The van der Waals surface area contributed by atoms with Crippen LogP contribution >= 0.6 is 0 Å². The third-order valence-corrected chi connectivity index (χ3v) is 4.56. The van der Waals surface area contributed by atoms with Crippen LogP contribution < -0.4 is 11.1 Å². The lowest BCUT2D eigenvalue weighted by Gasteiger charge is -2.35. The molecule has 0 unspecified atom stereocenters. The van der Waals surface area contributed by atoms with Gasteiger partial charge in [0.2, 0.25) is 11.8 Å². The van der Waals surface area contributed by atoms with Crippen molar-refractivity contribution in [3.05, 3.63) is 52.6 Å². The molecule has 2 aliphatic heterocycles. The molecule has 1 aromatic rings. The number of allylic oxidation sites excluding steroid dienone is 1. The molecule has 0 saturated carbocycles. The number of nitrogens with one attached hydrogen (secondary N) is 1. The SMILES string of the molecule is CCOC(=O)C1=C(N)OC(C)=C(C(=O)OC(C)C)[C@]12C(=O)Nc1ccccc12. The van der Waals surface area contributed by atoms with Gasteiger partial charge in [-0.1, -0.05) is 18.2 Å². The molecule has 1 amide bonds. The lowest BCUT2D eigenvalue weighted by Crippen LogP contribution is -2.48. The third kappa shape index (κ3) is 2.72. The van der Waals surface area contributed by atoms with Gasteiger partial charge in [-0.2, -0.15) is 0 Å². The van der Waals surface area contributed by atoms with Crippen molar-refractivity contribution < 1.29 is 28.6 Å². The van der Waals surface area contributed by atoms with Gasteiger partial charge in [0.05, 0.1) is 12.7 Å². The molecule has 1 atom stereocenters. The minimum absolute atomic E-state index is 0.0590. The van der Waals surface area contributed by atoms with E-state index in [2.05, 4.69) is 5.32 Å². The van der Waals surface area contributed by atoms with Crippen LogP contribution in [0.2, 0.25) is 0 Å². The van der Waals surface area contributed by atoms with E-state index in [1.54, 1.807) is 45.0 Å². The first-order valence-corrected chi connectivity index (χ1v) is 8.93. The summed E-state index contributed by atoms with van der Waals surface area (Å²) >= 11 is 0. The summed E-state index contributed by atoms with van der Waals surface area (Å²) in [5, 5.41) is 2.73. The third-order valence-electron chi connectivity index (χ3n) is 4.56. The molecule has 3 rings (SSSR count). The predicted molar refractivity (Wildman–Crippen MR) is 99.6 cm³/mol. The maximum Gasteiger partial charge on any atom is 0.341 e. The number of ether oxygens (including phenoxy) is 3. The zero-order chi connectivity index (χ0) is 20.6. The smallest absolute Gasteiger partial charge is 0.341 e. The second-order valence-electron chi connectivity index (χ2n) is 6.70. The Hall–Kier alpha value is -3.29. The first kappa shape index (κ1) is 19.5. The quantitative estimate of drug-likeness (QED) is 0.759. The van der Waals surface area contributed by atoms with Crippen molar-refractivity contribution in [2.24, 2.45) is 5.73 Å². The highest BCUT2D eigenvalue weighted by molar-refractivity contribution is 6.21. The Morgan fingerprint density at radius 2 is 1.89 bits per heavy atom. The van der Waals surface area contributed by atoms with Crippen LogP contribution in [0.15, 0.2) is 47.1 Å². The average Bonchev–Trinajstić information content (AvgIpc) is 2.87. The van der Waals surface area contributed by atoms with E-state index in [-0.39, 0.29) is 29.4 Å². The first-order valence-electron chi connectivity index (χ1n) is 8.93. The minimum Gasteiger partial charge on any atom is -0.462 e. The van der Waals surface area contributed by atoms with E-state index >= 15 is 0 Å². The van der Waals surface area contributed by atoms with Crippen LogP contribution in [0.1, 0.15) is 33.3 Å². The normalized spacial score (nSPS) is 20.8. The molecule has 2 heterocycles. The van der Waals surface area contributed by atoms with Gasteiger partial charge in [0, 0.05) is 11.3 Å². The number of hydrogen-bond donors (Lipinski definition) is 2. The van der Waals surface area contributed by atoms with Crippen LogP contribution in [0.25, 0.3) is 0 Å². The summed E-state index contributed by atoms with van der Waals surface area (Å²) in [6.07, 6.45) is -0.446. The van der Waals surface area contributed by atoms with Gasteiger partial charge >= 0.3 is 11.9 Å². The molecule has 0 aromatic heterocycles. The number of carbonyl (C=O) groups excluding carboxylic acids is 3. The van der Waals surface area contributed by atoms with Gasteiger partial charge in [-0.15, -0.1) is 0 Å². The highest BCUT2D eigenvalue weighted by Gasteiger charge is 2.61. The summed E-state index contributed by atoms with van der Waals surface area (Å²) in [5.74, 6) is -2.41. The summed E-state index contributed by atoms with van der Waals surface area (Å²) in [6.45, 7) is 6.56. The Balaban J connectivity index is 2.35. The number of hydrogen-bond acceptors (Lipinski definition) is 7. The molecule has 8 heteroatoms. The van der Waals surface area contributed by atoms with E-state index in [9.17, 15) is 14.4 Å². The van der Waals surface area contributed by atoms with Gasteiger partial charge in [-0.05, 0) is 33.8 Å². The van der Waals surface area contributed by atoms with E-state index in [1.807, 2.05) is 0 Å². The molecule has 148 valence electrons. The van der Waals surface area contributed by atoms with Crippen molar-refractivity contribution in [2.75, 3.05) is 11.9 Å². The monoisotopic (exact) mass is 386 g/mol. The second kappa shape index (κ2) is 7.03. The number of fused-ring (bicyclic) bond motifs is 2. The Bertz CT molecular complexity index is 930. The average molecular weight is 386 g/mol. The van der Waals surface area contributed by atoms with E-state index < -0.39 is 29.4 Å². The minimum atomic E-state index is -1.82. The van der Waals surface area contributed by atoms with Crippen molar-refractivity contribution in [2.45, 2.75) is 39.2 Å². The molecule has 2 aliphatic rings. The fourth-order valence-corrected chi connectivity index (χ4v) is 3.62. The molecule has 1 aromatic carbocycles. The maximum absolute atomic E-state index is 13.3. The summed E-state index contributed by atoms with van der Waals surface area (Å²) in [6, 6.07) is 6.77. The van der Waals surface area contributed by atoms with Crippen LogP contribution in [-0.4, -0.2) is 30.6 Å². The van der Waals surface area contributed by atoms with Crippen molar-refractivity contribution in [3.8, 4) is 0 Å². The Labute approximate surface area is 162 Å². The van der Waals surface area contributed by atoms with Crippen LogP contribution in [0, 0.1) is 0 Å². The largest absolute Gasteiger partial charge is 0.462 e. The number of nitrogens with two attached hydrogens (primary N) is 1. The molecular weight excluding hydrogens is 364 g/mol. The first-order chi connectivity index (χ1) is 13.2. The molecule has 28 heavy (non-hydrogen) atoms. The number of rotatable bonds is 4. The van der Waals surface area contributed by atoms with Crippen molar-refractivity contribution in [1.82, 2.24) is 0 Å². The number of carbonyl (C=O) groups is 3. The molecule has 0 fully saturated rings. The second-order valence-corrected chi connectivity index (χ2v) is 6.70. The molecule has 1 spiro atoms. The van der Waals surface area contributed by atoms with Crippen LogP contribution in [0.3, 0.4) is 0 Å². The lowest BCUT2D eigenvalue weighted by atomic mass is 9.67. The molecule has 3 N–H and O–H groups in total. The Morgan fingerprint density at radius 1 is 1.21 bits per heavy atom. The van der Waals surface area contributed by atoms with Crippen LogP contribution in [0.4, 0.5) is 5.69 Å². The number of benzene rings is 1. The van der Waals surface area contributed by atoms with Gasteiger partial charge in [0.1, 0.15) is 22.3 Å². The van der Waals surface area contributed by atoms with Crippen LogP contribution in [-0.2, 0) is 34.0 Å². The van der Waals surface area contributed by atoms with E-state index in [4.69, 9.17) is 19.9 Å². The molecule has 0 bridgehead atoms. The number of amides is 1. The van der Waals surface area contributed by atoms with E-state index in [0.29, 0.717) is 11.3 Å². The number of esters is 2. The van der Waals surface area contributed by atoms with E-state index in [1.165, 1.54) is 6.92 Å². The fourth-order valence-electron chi connectivity index (χ4n) is 3.62. The Morgan fingerprint density at radius 3 is 2.54 bits per heavy atom. The molecule has 0 saturated heterocycles. The van der Waals surface area contributed by atoms with Gasteiger partial charge in [-0.3, -0.25) is 4.79 Å². The molecule has 0 aliphatic carbocycles. The topological polar surface area (TPSA) is 117 Å². The van der Waals surface area contributed by atoms with Gasteiger partial charge in [-0.25, -0.2) is 9.59 Å². The lowest BCUT2D eigenvalue weighted by molar-refractivity contribution is -0.145. The standard InChI is InChI=1S/C20H22N2O6/c1-5-26-17(23)15-16(21)28-11(4)14(18(24)27-10(2)3)20(15)12-8-6-7-9-13(12)22-19(20)25/h6-10H,5,21H2,1-4H3,(H,22,25)/t20-/m0/s1. The highest BCUT2D eigenvalue weighted by atomic mass is 16.6. The zero-order valence-corrected chi connectivity index (χ0v) is 16.1. The highest BCUT2D eigenvalue weighted by Crippen LogP contribution is 2.52. The van der Waals surface area contributed by atoms with E-state index in [0.717, 1.165) is 0 Å². The molecular formula is C20H22N2O6. The Kier molecular flexibility index (Phi) is 4.89. The van der Waals surface area contributed by atoms with Crippen LogP contribution in [0.5, 0.6) is 0 Å². The van der Waals surface area contributed by atoms with Gasteiger partial charge in [0.25, 0.3) is 0 Å². The maximum atomic E-state index is 13.3. The van der Waals surface area contributed by atoms with Crippen molar-refractivity contribution in [1.29, 1.82) is 0 Å². The zero-order valence-electron chi connectivity index (χ0n) is 16.1. The fraction of sp³-hybridized carbons (Fsp3) is 0.350. The summed E-state index contributed by atoms with van der Waals surface area (Å²) in [4.78, 5) is 39.2. The molecule has 8 nitrogen and oxygen atoms in total. The summed E-state index contributed by atoms with van der Waals surface area (Å²) < 4.78 is 16.0. The number of anilines is 1. The van der Waals surface area contributed by atoms with Gasteiger partial charge < -0.3 is 25.3 Å². The van der Waals surface area contributed by atoms with Gasteiger partial charge in [0.15, 0.2) is 0 Å². The summed E-state index contributed by atoms with van der Waals surface area (Å²) in [5.41, 5.74) is 4.75. The molecule has 0 radical (unpaired) electrons. The number of para-hydroxylation sites is 1. The van der Waals surface area contributed by atoms with Crippen molar-refractivity contribution in [3.63, 3.8) is 0 Å². The predicted octanol–water partition coefficient (Wildman–Crippen LogP) is 1.87.